The Labute approximate surface area is 192 Å². The minimum Gasteiger partial charge on any atom is -0.343 e. The molecule has 0 bridgehead atoms. The van der Waals surface area contributed by atoms with Crippen molar-refractivity contribution in [3.05, 3.63) is 106 Å². The highest BCUT2D eigenvalue weighted by Crippen LogP contribution is 2.38. The van der Waals surface area contributed by atoms with Crippen LogP contribution in [0.3, 0.4) is 0 Å². The summed E-state index contributed by atoms with van der Waals surface area (Å²) in [6, 6.07) is 23.4. The van der Waals surface area contributed by atoms with Gasteiger partial charge < -0.3 is 10.6 Å². The first-order valence-corrected chi connectivity index (χ1v) is 11.5. The molecule has 2 aromatic heterocycles. The Bertz CT molecular complexity index is 1180. The maximum atomic E-state index is 12.9. The van der Waals surface area contributed by atoms with E-state index in [1.54, 1.807) is 11.3 Å². The predicted octanol–water partition coefficient (Wildman–Crippen LogP) is 6.17. The summed E-state index contributed by atoms with van der Waals surface area (Å²) in [5, 5.41) is 7.49. The van der Waals surface area contributed by atoms with Crippen LogP contribution in [0.15, 0.2) is 72.8 Å². The first kappa shape index (κ1) is 21.7. The number of nitrogens with one attached hydrogen (secondary N) is 2. The zero-order valence-corrected chi connectivity index (χ0v) is 19.2. The van der Waals surface area contributed by atoms with E-state index in [1.165, 1.54) is 4.88 Å². The fraction of sp³-hybridized carbons (Fsp3) is 0.192. The number of hydrogen-bond donors (Lipinski definition) is 2. The molecule has 32 heavy (non-hydrogen) atoms. The molecule has 1 amide bonds. The minimum absolute atomic E-state index is 0.120. The van der Waals surface area contributed by atoms with E-state index < -0.39 is 0 Å². The maximum absolute atomic E-state index is 12.9. The maximum Gasteiger partial charge on any atom is 0.256 e. The summed E-state index contributed by atoms with van der Waals surface area (Å²) in [6.45, 7) is 6.04. The van der Waals surface area contributed by atoms with Crippen LogP contribution in [0.4, 0.5) is 10.9 Å². The number of anilines is 2. The summed E-state index contributed by atoms with van der Waals surface area (Å²) < 4.78 is 0. The van der Waals surface area contributed by atoms with E-state index >= 15 is 0 Å². The van der Waals surface area contributed by atoms with E-state index in [0.29, 0.717) is 11.5 Å². The zero-order valence-electron chi connectivity index (χ0n) is 18.4. The van der Waals surface area contributed by atoms with E-state index in [1.807, 2.05) is 68.4 Å². The molecule has 0 spiro atoms. The Morgan fingerprint density at radius 2 is 1.56 bits per heavy atom. The van der Waals surface area contributed by atoms with Crippen molar-refractivity contribution in [2.24, 2.45) is 0 Å². The lowest BCUT2D eigenvalue weighted by Gasteiger charge is -2.21. The van der Waals surface area contributed by atoms with E-state index in [2.05, 4.69) is 45.7 Å². The highest BCUT2D eigenvalue weighted by Gasteiger charge is 2.23. The summed E-state index contributed by atoms with van der Waals surface area (Å²) in [6.07, 6.45) is 0.889. The Balaban J connectivity index is 1.75. The van der Waals surface area contributed by atoms with Gasteiger partial charge in [0.2, 0.25) is 5.95 Å². The van der Waals surface area contributed by atoms with Crippen LogP contribution in [0, 0.1) is 13.8 Å². The second-order valence-electron chi connectivity index (χ2n) is 7.63. The number of nitrogens with zero attached hydrogens (tertiary/aromatic N) is 2. The molecule has 4 rings (SSSR count). The van der Waals surface area contributed by atoms with Crippen molar-refractivity contribution >= 4 is 28.2 Å². The van der Waals surface area contributed by atoms with Gasteiger partial charge >= 0.3 is 0 Å². The van der Waals surface area contributed by atoms with Gasteiger partial charge in [-0.15, -0.1) is 11.3 Å². The van der Waals surface area contributed by atoms with Crippen molar-refractivity contribution in [3.8, 4) is 0 Å². The molecular weight excluding hydrogens is 416 g/mol. The number of amides is 1. The smallest absolute Gasteiger partial charge is 0.256 e. The van der Waals surface area contributed by atoms with E-state index in [0.717, 1.165) is 33.9 Å². The average Bonchev–Trinajstić information content (AvgIpc) is 3.20. The molecule has 2 heterocycles. The van der Waals surface area contributed by atoms with Gasteiger partial charge in [-0.05, 0) is 50.1 Å². The van der Waals surface area contributed by atoms with Gasteiger partial charge in [-0.2, -0.15) is 0 Å². The van der Waals surface area contributed by atoms with E-state index in [9.17, 15) is 4.79 Å². The lowest BCUT2D eigenvalue weighted by atomic mass is 10.00. The summed E-state index contributed by atoms with van der Waals surface area (Å²) in [5.74, 6) is 0.451. The molecule has 0 aliphatic rings. The van der Waals surface area contributed by atoms with Gasteiger partial charge in [0, 0.05) is 27.4 Å². The standard InChI is InChI=1S/C26H26N4OS/c1-4-21-16-22(25(32-21)30-24(31)20-13-9-6-10-14-20)23(19-11-7-5-8-12-19)29-26-27-17(2)15-18(3)28-26/h5-16,23H,4H2,1-3H3,(H,30,31)(H,27,28,29)/t23-/m1/s1. The quantitative estimate of drug-likeness (QED) is 0.359. The molecule has 0 saturated heterocycles. The van der Waals surface area contributed by atoms with Gasteiger partial charge in [0.05, 0.1) is 6.04 Å². The molecule has 0 aliphatic carbocycles. The van der Waals surface area contributed by atoms with Crippen LogP contribution < -0.4 is 10.6 Å². The highest BCUT2D eigenvalue weighted by molar-refractivity contribution is 7.16. The van der Waals surface area contributed by atoms with Gasteiger partial charge in [-0.3, -0.25) is 4.79 Å². The minimum atomic E-state index is -0.208. The summed E-state index contributed by atoms with van der Waals surface area (Å²) >= 11 is 1.61. The molecule has 0 unspecified atom stereocenters. The largest absolute Gasteiger partial charge is 0.343 e. The topological polar surface area (TPSA) is 66.9 Å². The molecule has 1 atom stereocenters. The van der Waals surface area contributed by atoms with Crippen molar-refractivity contribution in [1.29, 1.82) is 0 Å². The molecule has 162 valence electrons. The fourth-order valence-corrected chi connectivity index (χ4v) is 4.65. The number of benzene rings is 2. The molecule has 0 radical (unpaired) electrons. The number of hydrogen-bond acceptors (Lipinski definition) is 5. The van der Waals surface area contributed by atoms with Crippen molar-refractivity contribution in [1.82, 2.24) is 9.97 Å². The van der Waals surface area contributed by atoms with Crippen LogP contribution in [0.1, 0.15) is 50.7 Å². The molecule has 0 saturated carbocycles. The van der Waals surface area contributed by atoms with Crippen LogP contribution in [-0.4, -0.2) is 15.9 Å². The Morgan fingerprint density at radius 3 is 2.19 bits per heavy atom. The van der Waals surface area contributed by atoms with Crippen molar-refractivity contribution in [2.75, 3.05) is 10.6 Å². The third kappa shape index (κ3) is 5.03. The molecule has 2 N–H and O–H groups in total. The molecule has 0 aliphatic heterocycles. The monoisotopic (exact) mass is 442 g/mol. The Hall–Kier alpha value is -3.51. The molecule has 2 aromatic carbocycles. The van der Waals surface area contributed by atoms with Crippen molar-refractivity contribution in [3.63, 3.8) is 0 Å². The molecular formula is C26H26N4OS. The molecule has 6 heteroatoms. The first-order valence-electron chi connectivity index (χ1n) is 10.7. The Morgan fingerprint density at radius 1 is 0.938 bits per heavy atom. The van der Waals surface area contributed by atoms with Gasteiger partial charge in [0.1, 0.15) is 5.00 Å². The van der Waals surface area contributed by atoms with Crippen LogP contribution in [-0.2, 0) is 6.42 Å². The summed E-state index contributed by atoms with van der Waals surface area (Å²) in [4.78, 5) is 23.3. The third-order valence-electron chi connectivity index (χ3n) is 5.12. The number of aromatic nitrogens is 2. The lowest BCUT2D eigenvalue weighted by molar-refractivity contribution is 0.102. The molecule has 5 nitrogen and oxygen atoms in total. The van der Waals surface area contributed by atoms with Crippen LogP contribution in [0.5, 0.6) is 0 Å². The van der Waals surface area contributed by atoms with Crippen LogP contribution in [0.2, 0.25) is 0 Å². The lowest BCUT2D eigenvalue weighted by Crippen LogP contribution is -2.18. The number of thiophene rings is 1. The van der Waals surface area contributed by atoms with Crippen molar-refractivity contribution < 1.29 is 4.79 Å². The SMILES string of the molecule is CCc1cc([C@H](Nc2nc(C)cc(C)n2)c2ccccc2)c(NC(=O)c2ccccc2)s1. The number of aryl methyl sites for hydroxylation is 3. The molecule has 0 fully saturated rings. The van der Waals surface area contributed by atoms with Gasteiger partial charge in [0.15, 0.2) is 0 Å². The number of carbonyl (C=O) groups is 1. The van der Waals surface area contributed by atoms with E-state index in [4.69, 9.17) is 0 Å². The second kappa shape index (κ2) is 9.75. The van der Waals surface area contributed by atoms with Gasteiger partial charge in [-0.25, -0.2) is 9.97 Å². The number of carbonyl (C=O) groups excluding carboxylic acids is 1. The van der Waals surface area contributed by atoms with Crippen LogP contribution >= 0.6 is 11.3 Å². The van der Waals surface area contributed by atoms with E-state index in [-0.39, 0.29) is 11.9 Å². The summed E-state index contributed by atoms with van der Waals surface area (Å²) in [7, 11) is 0. The first-order chi connectivity index (χ1) is 15.5. The average molecular weight is 443 g/mol. The normalized spacial score (nSPS) is 11.7. The van der Waals surface area contributed by atoms with Crippen molar-refractivity contribution in [2.45, 2.75) is 33.2 Å². The van der Waals surface area contributed by atoms with Gasteiger partial charge in [-0.1, -0.05) is 55.5 Å². The van der Waals surface area contributed by atoms with Gasteiger partial charge in [0.25, 0.3) is 5.91 Å². The molecule has 4 aromatic rings. The highest BCUT2D eigenvalue weighted by atomic mass is 32.1. The number of rotatable bonds is 7. The zero-order chi connectivity index (χ0) is 22.5. The summed E-state index contributed by atoms with van der Waals surface area (Å²) in [5.41, 5.74) is 4.52. The Kier molecular flexibility index (Phi) is 6.61. The van der Waals surface area contributed by atoms with Crippen LogP contribution in [0.25, 0.3) is 0 Å². The third-order valence-corrected chi connectivity index (χ3v) is 6.33. The second-order valence-corrected chi connectivity index (χ2v) is 8.77. The fourth-order valence-electron chi connectivity index (χ4n) is 3.62. The predicted molar refractivity (Wildman–Crippen MR) is 132 cm³/mol.